The highest BCUT2D eigenvalue weighted by Crippen LogP contribution is 2.24. The lowest BCUT2D eigenvalue weighted by Gasteiger charge is -2.28. The van der Waals surface area contributed by atoms with E-state index in [2.05, 4.69) is 11.0 Å². The van der Waals surface area contributed by atoms with Crippen molar-refractivity contribution in [2.45, 2.75) is 19.5 Å². The van der Waals surface area contributed by atoms with Gasteiger partial charge in [0.25, 0.3) is 5.69 Å². The largest absolute Gasteiger partial charge is 0.294 e. The first-order chi connectivity index (χ1) is 10.1. The van der Waals surface area contributed by atoms with Crippen LogP contribution in [0.4, 0.5) is 5.69 Å². The molecule has 1 aliphatic rings. The van der Waals surface area contributed by atoms with Crippen LogP contribution in [0.5, 0.6) is 0 Å². The maximum atomic E-state index is 10.7. The molecule has 0 spiro atoms. The highest BCUT2D eigenvalue weighted by Gasteiger charge is 2.16. The highest BCUT2D eigenvalue weighted by atomic mass is 35.5. The fourth-order valence-corrected chi connectivity index (χ4v) is 2.90. The van der Waals surface area contributed by atoms with E-state index in [9.17, 15) is 10.1 Å². The Balaban J connectivity index is 1.70. The third-order valence-electron chi connectivity index (χ3n) is 3.81. The van der Waals surface area contributed by atoms with Gasteiger partial charge in [0, 0.05) is 36.8 Å². The van der Waals surface area contributed by atoms with Crippen LogP contribution in [-0.2, 0) is 19.5 Å². The zero-order valence-corrected chi connectivity index (χ0v) is 12.2. The average molecular weight is 303 g/mol. The number of non-ortho nitro benzene ring substituents is 1. The Morgan fingerprint density at radius 2 is 1.90 bits per heavy atom. The number of hydrogen-bond acceptors (Lipinski definition) is 3. The Labute approximate surface area is 128 Å². The summed E-state index contributed by atoms with van der Waals surface area (Å²) in [5, 5.41) is 11.4. The minimum atomic E-state index is -0.372. The quantitative estimate of drug-likeness (QED) is 0.640. The van der Waals surface area contributed by atoms with Crippen molar-refractivity contribution in [3.8, 4) is 0 Å². The molecule has 2 aromatic rings. The van der Waals surface area contributed by atoms with E-state index in [4.69, 9.17) is 11.6 Å². The summed E-state index contributed by atoms with van der Waals surface area (Å²) in [6, 6.07) is 12.8. The molecule has 0 fully saturated rings. The number of nitrogens with zero attached hydrogens (tertiary/aromatic N) is 2. The van der Waals surface area contributed by atoms with Gasteiger partial charge in [-0.05, 0) is 35.2 Å². The van der Waals surface area contributed by atoms with Gasteiger partial charge in [0.05, 0.1) is 4.92 Å². The summed E-state index contributed by atoms with van der Waals surface area (Å²) < 4.78 is 0. The maximum Gasteiger partial charge on any atom is 0.269 e. The lowest BCUT2D eigenvalue weighted by molar-refractivity contribution is -0.384. The molecule has 4 nitrogen and oxygen atoms in total. The van der Waals surface area contributed by atoms with E-state index < -0.39 is 0 Å². The molecule has 21 heavy (non-hydrogen) atoms. The van der Waals surface area contributed by atoms with Crippen LogP contribution < -0.4 is 0 Å². The molecule has 0 N–H and O–H groups in total. The van der Waals surface area contributed by atoms with Crippen molar-refractivity contribution in [1.29, 1.82) is 0 Å². The van der Waals surface area contributed by atoms with E-state index in [0.717, 1.165) is 36.6 Å². The van der Waals surface area contributed by atoms with Crippen LogP contribution in [0.3, 0.4) is 0 Å². The highest BCUT2D eigenvalue weighted by molar-refractivity contribution is 6.30. The second-order valence-corrected chi connectivity index (χ2v) is 5.73. The molecule has 2 aromatic carbocycles. The van der Waals surface area contributed by atoms with Gasteiger partial charge in [-0.25, -0.2) is 0 Å². The van der Waals surface area contributed by atoms with Gasteiger partial charge in [-0.2, -0.15) is 0 Å². The van der Waals surface area contributed by atoms with Crippen LogP contribution >= 0.6 is 11.6 Å². The van der Waals surface area contributed by atoms with Gasteiger partial charge in [0.2, 0.25) is 0 Å². The first-order valence-corrected chi connectivity index (χ1v) is 7.22. The van der Waals surface area contributed by atoms with Crippen LogP contribution in [0.2, 0.25) is 5.02 Å². The van der Waals surface area contributed by atoms with E-state index in [1.54, 1.807) is 12.1 Å². The van der Waals surface area contributed by atoms with Gasteiger partial charge in [-0.1, -0.05) is 29.8 Å². The first kappa shape index (κ1) is 14.0. The molecule has 0 atom stereocenters. The molecule has 0 aromatic heterocycles. The van der Waals surface area contributed by atoms with E-state index in [1.807, 2.05) is 24.3 Å². The molecule has 1 heterocycles. The standard InChI is InChI=1S/C16H15ClN2O2/c17-15-4-3-13-7-8-18(11-14(13)9-15)10-12-1-5-16(6-2-12)19(20)21/h1-6,9H,7-8,10-11H2. The monoisotopic (exact) mass is 302 g/mol. The van der Waals surface area contributed by atoms with Crippen molar-refractivity contribution in [3.63, 3.8) is 0 Å². The van der Waals surface area contributed by atoms with Gasteiger partial charge in [-0.15, -0.1) is 0 Å². The lowest BCUT2D eigenvalue weighted by atomic mass is 9.99. The molecule has 108 valence electrons. The lowest BCUT2D eigenvalue weighted by Crippen LogP contribution is -2.30. The first-order valence-electron chi connectivity index (χ1n) is 6.85. The van der Waals surface area contributed by atoms with E-state index in [-0.39, 0.29) is 10.6 Å². The summed E-state index contributed by atoms with van der Waals surface area (Å²) in [6.07, 6.45) is 1.01. The predicted molar refractivity (Wildman–Crippen MR) is 82.4 cm³/mol. The van der Waals surface area contributed by atoms with E-state index >= 15 is 0 Å². The van der Waals surface area contributed by atoms with Gasteiger partial charge in [0.15, 0.2) is 0 Å². The third-order valence-corrected chi connectivity index (χ3v) is 4.05. The Bertz CT molecular complexity index is 670. The summed E-state index contributed by atoms with van der Waals surface area (Å²) in [6.45, 7) is 2.66. The van der Waals surface area contributed by atoms with Crippen LogP contribution in [0.25, 0.3) is 0 Å². The SMILES string of the molecule is O=[N+]([O-])c1ccc(CN2CCc3ccc(Cl)cc3C2)cc1. The second kappa shape index (κ2) is 5.84. The number of halogens is 1. The minimum absolute atomic E-state index is 0.134. The van der Waals surface area contributed by atoms with Crippen molar-refractivity contribution in [2.75, 3.05) is 6.54 Å². The Kier molecular flexibility index (Phi) is 3.90. The number of rotatable bonds is 3. The molecule has 5 heteroatoms. The number of nitro benzene ring substituents is 1. The number of benzene rings is 2. The van der Waals surface area contributed by atoms with Gasteiger partial charge < -0.3 is 0 Å². The molecular weight excluding hydrogens is 288 g/mol. The normalized spacial score (nSPS) is 14.7. The van der Waals surface area contributed by atoms with E-state index in [0.29, 0.717) is 0 Å². The van der Waals surface area contributed by atoms with Crippen LogP contribution in [0, 0.1) is 10.1 Å². The molecule has 0 radical (unpaired) electrons. The molecule has 0 amide bonds. The van der Waals surface area contributed by atoms with Gasteiger partial charge >= 0.3 is 0 Å². The van der Waals surface area contributed by atoms with Crippen LogP contribution in [0.1, 0.15) is 16.7 Å². The molecule has 0 unspecified atom stereocenters. The van der Waals surface area contributed by atoms with Gasteiger partial charge in [-0.3, -0.25) is 15.0 Å². The molecule has 0 aliphatic carbocycles. The van der Waals surface area contributed by atoms with Crippen molar-refractivity contribution in [2.24, 2.45) is 0 Å². The zero-order valence-electron chi connectivity index (χ0n) is 11.5. The molecule has 3 rings (SSSR count). The predicted octanol–water partition coefficient (Wildman–Crippen LogP) is 3.81. The summed E-state index contributed by atoms with van der Waals surface area (Å²) in [5.41, 5.74) is 3.86. The Hall–Kier alpha value is -1.91. The van der Waals surface area contributed by atoms with Gasteiger partial charge in [0.1, 0.15) is 0 Å². The summed E-state index contributed by atoms with van der Waals surface area (Å²) in [5.74, 6) is 0. The second-order valence-electron chi connectivity index (χ2n) is 5.30. The Morgan fingerprint density at radius 1 is 1.14 bits per heavy atom. The topological polar surface area (TPSA) is 46.4 Å². The maximum absolute atomic E-state index is 10.7. The molecule has 0 saturated heterocycles. The van der Waals surface area contributed by atoms with Crippen molar-refractivity contribution in [3.05, 3.63) is 74.3 Å². The van der Waals surface area contributed by atoms with Crippen molar-refractivity contribution in [1.82, 2.24) is 4.90 Å². The smallest absolute Gasteiger partial charge is 0.269 e. The van der Waals surface area contributed by atoms with Crippen LogP contribution in [0.15, 0.2) is 42.5 Å². The summed E-state index contributed by atoms with van der Waals surface area (Å²) in [7, 11) is 0. The molecule has 1 aliphatic heterocycles. The number of hydrogen-bond donors (Lipinski definition) is 0. The van der Waals surface area contributed by atoms with Crippen molar-refractivity contribution < 1.29 is 4.92 Å². The Morgan fingerprint density at radius 3 is 2.62 bits per heavy atom. The fourth-order valence-electron chi connectivity index (χ4n) is 2.70. The van der Waals surface area contributed by atoms with E-state index in [1.165, 1.54) is 11.1 Å². The van der Waals surface area contributed by atoms with Crippen LogP contribution in [-0.4, -0.2) is 16.4 Å². The molecule has 0 saturated carbocycles. The molecular formula is C16H15ClN2O2. The summed E-state index contributed by atoms with van der Waals surface area (Å²) in [4.78, 5) is 12.6. The van der Waals surface area contributed by atoms with Crippen molar-refractivity contribution >= 4 is 17.3 Å². The molecule has 0 bridgehead atoms. The fraction of sp³-hybridized carbons (Fsp3) is 0.250. The average Bonchev–Trinajstić information content (AvgIpc) is 2.47. The summed E-state index contributed by atoms with van der Waals surface area (Å²) >= 11 is 6.05. The minimum Gasteiger partial charge on any atom is -0.294 e. The number of nitro groups is 1. The zero-order chi connectivity index (χ0) is 14.8. The number of fused-ring (bicyclic) bond motifs is 1. The third kappa shape index (κ3) is 3.23.